The second kappa shape index (κ2) is 6.94. The van der Waals surface area contributed by atoms with Crippen LogP contribution in [0.25, 0.3) is 0 Å². The number of benzene rings is 1. The Morgan fingerprint density at radius 1 is 1.25 bits per heavy atom. The molecule has 0 aliphatic rings. The largest absolute Gasteiger partial charge is 0.296 e. The van der Waals surface area contributed by atoms with Crippen molar-refractivity contribution in [3.8, 4) is 0 Å². The molecule has 0 radical (unpaired) electrons. The van der Waals surface area contributed by atoms with Crippen LogP contribution in [0.5, 0.6) is 0 Å². The van der Waals surface area contributed by atoms with Gasteiger partial charge in [0.15, 0.2) is 5.13 Å². The lowest BCUT2D eigenvalue weighted by molar-refractivity contribution is 0.102. The van der Waals surface area contributed by atoms with Gasteiger partial charge < -0.3 is 0 Å². The van der Waals surface area contributed by atoms with Crippen LogP contribution in [0.15, 0.2) is 41.2 Å². The molecule has 0 aliphatic carbocycles. The van der Waals surface area contributed by atoms with E-state index in [0.717, 1.165) is 16.1 Å². The Hall–Kier alpha value is -2.51. The zero-order valence-electron chi connectivity index (χ0n) is 12.7. The summed E-state index contributed by atoms with van der Waals surface area (Å²) in [4.78, 5) is 28.5. The van der Waals surface area contributed by atoms with Gasteiger partial charge in [-0.15, -0.1) is 11.3 Å². The van der Waals surface area contributed by atoms with Crippen LogP contribution in [0.4, 0.5) is 5.13 Å². The maximum atomic E-state index is 12.1. The highest BCUT2D eigenvalue weighted by Crippen LogP contribution is 2.26. The summed E-state index contributed by atoms with van der Waals surface area (Å²) in [6.07, 6.45) is 0.716. The van der Waals surface area contributed by atoms with Crippen LogP contribution >= 0.6 is 22.9 Å². The lowest BCUT2D eigenvalue weighted by atomic mass is 10.1. The number of carbonyl (C=O) groups excluding carboxylic acids is 1. The van der Waals surface area contributed by atoms with Gasteiger partial charge in [0, 0.05) is 22.4 Å². The number of hydrogen-bond donors (Lipinski definition) is 2. The molecule has 2 N–H and O–H groups in total. The van der Waals surface area contributed by atoms with Crippen LogP contribution in [-0.2, 0) is 6.42 Å². The average Bonchev–Trinajstić information content (AvgIpc) is 2.89. The summed E-state index contributed by atoms with van der Waals surface area (Å²) >= 11 is 7.30. The molecule has 24 heavy (non-hydrogen) atoms. The Kier molecular flexibility index (Phi) is 4.73. The van der Waals surface area contributed by atoms with Crippen LogP contribution in [0, 0.1) is 6.92 Å². The maximum Gasteiger partial charge on any atom is 0.277 e. The van der Waals surface area contributed by atoms with Gasteiger partial charge in [0.25, 0.3) is 11.5 Å². The van der Waals surface area contributed by atoms with Crippen molar-refractivity contribution >= 4 is 34.0 Å². The minimum Gasteiger partial charge on any atom is -0.296 e. The van der Waals surface area contributed by atoms with Gasteiger partial charge in [-0.25, -0.2) is 10.1 Å². The van der Waals surface area contributed by atoms with E-state index in [-0.39, 0.29) is 11.3 Å². The first-order valence-corrected chi connectivity index (χ1v) is 8.28. The van der Waals surface area contributed by atoms with E-state index in [1.165, 1.54) is 23.5 Å². The molecule has 6 nitrogen and oxygen atoms in total. The van der Waals surface area contributed by atoms with Gasteiger partial charge in [0.05, 0.1) is 5.69 Å². The Labute approximate surface area is 146 Å². The molecule has 122 valence electrons. The number of rotatable bonds is 4. The molecule has 3 aromatic rings. The second-order valence-electron chi connectivity index (χ2n) is 5.09. The highest BCUT2D eigenvalue weighted by molar-refractivity contribution is 7.15. The van der Waals surface area contributed by atoms with Crippen LogP contribution < -0.4 is 10.9 Å². The summed E-state index contributed by atoms with van der Waals surface area (Å²) in [5.41, 5.74) is 1.75. The van der Waals surface area contributed by atoms with Gasteiger partial charge in [0.1, 0.15) is 5.69 Å². The standard InChI is InChI=1S/C16H13ClN4O2S/c1-9-13(8-10-2-4-11(17)5-3-10)24-16(18-9)19-15(23)12-6-7-14(22)21-20-12/h2-7H,8H2,1H3,(H,21,22)(H,18,19,23). The fourth-order valence-electron chi connectivity index (χ4n) is 2.07. The third-order valence-corrected chi connectivity index (χ3v) is 4.63. The van der Waals surface area contributed by atoms with Crippen molar-refractivity contribution in [2.45, 2.75) is 13.3 Å². The number of carbonyl (C=O) groups is 1. The van der Waals surface area contributed by atoms with Crippen molar-refractivity contribution in [3.63, 3.8) is 0 Å². The minimum absolute atomic E-state index is 0.127. The van der Waals surface area contributed by atoms with Crippen molar-refractivity contribution in [2.24, 2.45) is 0 Å². The van der Waals surface area contributed by atoms with Crippen LogP contribution in [-0.4, -0.2) is 21.1 Å². The number of aromatic nitrogens is 3. The van der Waals surface area contributed by atoms with E-state index in [2.05, 4.69) is 20.5 Å². The summed E-state index contributed by atoms with van der Waals surface area (Å²) in [6.45, 7) is 1.90. The summed E-state index contributed by atoms with van der Waals surface area (Å²) in [6, 6.07) is 10.2. The molecular formula is C16H13ClN4O2S. The molecule has 0 bridgehead atoms. The minimum atomic E-state index is -0.418. The molecule has 0 unspecified atom stereocenters. The Bertz CT molecular complexity index is 914. The summed E-state index contributed by atoms with van der Waals surface area (Å²) < 4.78 is 0. The molecule has 2 heterocycles. The molecule has 8 heteroatoms. The van der Waals surface area contributed by atoms with E-state index in [1.807, 2.05) is 31.2 Å². The number of amides is 1. The zero-order valence-corrected chi connectivity index (χ0v) is 14.2. The van der Waals surface area contributed by atoms with Crippen molar-refractivity contribution in [2.75, 3.05) is 5.32 Å². The average molecular weight is 361 g/mol. The number of nitrogens with one attached hydrogen (secondary N) is 2. The third-order valence-electron chi connectivity index (χ3n) is 3.30. The number of halogens is 1. The molecule has 0 saturated heterocycles. The van der Waals surface area contributed by atoms with Gasteiger partial charge >= 0.3 is 0 Å². The quantitative estimate of drug-likeness (QED) is 0.748. The predicted molar refractivity (Wildman–Crippen MR) is 93.9 cm³/mol. The second-order valence-corrected chi connectivity index (χ2v) is 6.61. The third kappa shape index (κ3) is 3.87. The molecule has 2 aromatic heterocycles. The normalized spacial score (nSPS) is 10.6. The number of anilines is 1. The Morgan fingerprint density at radius 3 is 2.67 bits per heavy atom. The zero-order chi connectivity index (χ0) is 17.1. The first-order valence-electron chi connectivity index (χ1n) is 7.09. The molecule has 0 saturated carbocycles. The van der Waals surface area contributed by atoms with Crippen LogP contribution in [0.2, 0.25) is 5.02 Å². The highest BCUT2D eigenvalue weighted by Gasteiger charge is 2.13. The van der Waals surface area contributed by atoms with E-state index >= 15 is 0 Å². The van der Waals surface area contributed by atoms with Gasteiger partial charge in [0.2, 0.25) is 0 Å². The first kappa shape index (κ1) is 16.4. The van der Waals surface area contributed by atoms with Gasteiger partial charge in [-0.05, 0) is 30.7 Å². The summed E-state index contributed by atoms with van der Waals surface area (Å²) in [5.74, 6) is -0.418. The van der Waals surface area contributed by atoms with Crippen molar-refractivity contribution in [1.29, 1.82) is 0 Å². The molecular weight excluding hydrogens is 348 g/mol. The van der Waals surface area contributed by atoms with E-state index in [1.54, 1.807) is 0 Å². The molecule has 0 aliphatic heterocycles. The monoisotopic (exact) mass is 360 g/mol. The maximum absolute atomic E-state index is 12.1. The van der Waals surface area contributed by atoms with Crippen LogP contribution in [0.1, 0.15) is 26.6 Å². The van der Waals surface area contributed by atoms with Gasteiger partial charge in [-0.1, -0.05) is 23.7 Å². The molecule has 1 aromatic carbocycles. The van der Waals surface area contributed by atoms with Crippen LogP contribution in [0.3, 0.4) is 0 Å². The first-order chi connectivity index (χ1) is 11.5. The smallest absolute Gasteiger partial charge is 0.277 e. The lowest BCUT2D eigenvalue weighted by Crippen LogP contribution is -2.17. The van der Waals surface area contributed by atoms with E-state index in [0.29, 0.717) is 16.6 Å². The van der Waals surface area contributed by atoms with Crippen molar-refractivity contribution in [1.82, 2.24) is 15.2 Å². The predicted octanol–water partition coefficient (Wildman–Crippen LogP) is 3.03. The number of H-pyrrole nitrogens is 1. The fraction of sp³-hybridized carbons (Fsp3) is 0.125. The van der Waals surface area contributed by atoms with Crippen molar-refractivity contribution < 1.29 is 4.79 Å². The Balaban J connectivity index is 1.73. The van der Waals surface area contributed by atoms with Gasteiger partial charge in [-0.3, -0.25) is 14.9 Å². The number of aryl methyl sites for hydroxylation is 1. The van der Waals surface area contributed by atoms with E-state index in [9.17, 15) is 9.59 Å². The number of hydrogen-bond acceptors (Lipinski definition) is 5. The van der Waals surface area contributed by atoms with E-state index < -0.39 is 5.91 Å². The summed E-state index contributed by atoms with van der Waals surface area (Å²) in [5, 5.41) is 9.81. The lowest BCUT2D eigenvalue weighted by Gasteiger charge is -2.00. The fourth-order valence-corrected chi connectivity index (χ4v) is 3.18. The SMILES string of the molecule is Cc1nc(NC(=O)c2ccc(=O)[nH]n2)sc1Cc1ccc(Cl)cc1. The molecule has 1 amide bonds. The topological polar surface area (TPSA) is 87.7 Å². The molecule has 0 fully saturated rings. The number of thiazole rings is 1. The number of nitrogens with zero attached hydrogens (tertiary/aromatic N) is 2. The Morgan fingerprint density at radius 2 is 2.00 bits per heavy atom. The molecule has 0 atom stereocenters. The van der Waals surface area contributed by atoms with E-state index in [4.69, 9.17) is 11.6 Å². The molecule has 0 spiro atoms. The van der Waals surface area contributed by atoms with Crippen molar-refractivity contribution in [3.05, 3.63) is 73.6 Å². The summed E-state index contributed by atoms with van der Waals surface area (Å²) in [7, 11) is 0. The number of aromatic amines is 1. The highest BCUT2D eigenvalue weighted by atomic mass is 35.5. The van der Waals surface area contributed by atoms with Gasteiger partial charge in [-0.2, -0.15) is 5.10 Å². The molecule has 3 rings (SSSR count).